The van der Waals surface area contributed by atoms with E-state index in [1.807, 2.05) is 19.9 Å². The molecule has 2 aromatic rings. The number of hydrogen-bond acceptors (Lipinski definition) is 6. The van der Waals surface area contributed by atoms with Crippen LogP contribution in [-0.4, -0.2) is 53.9 Å². The van der Waals surface area contributed by atoms with E-state index in [0.717, 1.165) is 11.1 Å². The molecule has 2 aromatic carbocycles. The molecule has 1 fully saturated rings. The summed E-state index contributed by atoms with van der Waals surface area (Å²) >= 11 is 0. The number of carbonyl (C=O) groups is 5. The Labute approximate surface area is 212 Å². The van der Waals surface area contributed by atoms with Gasteiger partial charge in [0.1, 0.15) is 17.8 Å². The molecule has 4 N–H and O–H groups in total. The summed E-state index contributed by atoms with van der Waals surface area (Å²) in [4.78, 5) is 63.8. The van der Waals surface area contributed by atoms with Crippen LogP contribution in [0, 0.1) is 0 Å². The Hall–Kier alpha value is -4.41. The van der Waals surface area contributed by atoms with Crippen LogP contribution in [0.5, 0.6) is 5.75 Å². The first-order valence-electron chi connectivity index (χ1n) is 12.1. The van der Waals surface area contributed by atoms with Crippen LogP contribution in [0.2, 0.25) is 0 Å². The second-order valence-electron chi connectivity index (χ2n) is 9.80. The van der Waals surface area contributed by atoms with E-state index < -0.39 is 29.5 Å². The van der Waals surface area contributed by atoms with Crippen LogP contribution in [0.4, 0.5) is 16.2 Å². The van der Waals surface area contributed by atoms with E-state index in [4.69, 9.17) is 4.74 Å². The second-order valence-corrected chi connectivity index (χ2v) is 9.80. The lowest BCUT2D eigenvalue weighted by molar-refractivity contribution is -0.133. The molecule has 0 saturated carbocycles. The average Bonchev–Trinajstić information content (AvgIpc) is 3.32. The monoisotopic (exact) mass is 505 g/mol. The van der Waals surface area contributed by atoms with Crippen molar-refractivity contribution in [1.82, 2.24) is 16.0 Å². The molecule has 0 aromatic heterocycles. The Kier molecular flexibility index (Phi) is 6.06. The number of fused-ring (bicyclic) bond motifs is 2. The fourth-order valence-corrected chi connectivity index (χ4v) is 4.99. The summed E-state index contributed by atoms with van der Waals surface area (Å²) in [6, 6.07) is 11.6. The molecule has 2 atom stereocenters. The number of anilines is 2. The van der Waals surface area contributed by atoms with Gasteiger partial charge in [0.2, 0.25) is 11.8 Å². The molecule has 37 heavy (non-hydrogen) atoms. The minimum Gasteiger partial charge on any atom is -0.478 e. The summed E-state index contributed by atoms with van der Waals surface area (Å²) in [5.74, 6) is -1.18. The summed E-state index contributed by atoms with van der Waals surface area (Å²) in [6.07, 6.45) is -0.525. The molecule has 3 aliphatic rings. The number of amides is 6. The smallest absolute Gasteiger partial charge is 0.322 e. The molecule has 11 heteroatoms. The highest BCUT2D eigenvalue weighted by atomic mass is 16.5. The van der Waals surface area contributed by atoms with Gasteiger partial charge in [-0.3, -0.25) is 29.4 Å². The Morgan fingerprint density at radius 2 is 1.84 bits per heavy atom. The molecule has 11 nitrogen and oxygen atoms in total. The van der Waals surface area contributed by atoms with Gasteiger partial charge >= 0.3 is 6.03 Å². The lowest BCUT2D eigenvalue weighted by Gasteiger charge is -2.33. The van der Waals surface area contributed by atoms with E-state index in [2.05, 4.69) is 21.3 Å². The maximum absolute atomic E-state index is 13.2. The number of rotatable bonds is 6. The molecule has 2 heterocycles. The van der Waals surface area contributed by atoms with Gasteiger partial charge in [-0.1, -0.05) is 18.2 Å². The lowest BCUT2D eigenvalue weighted by Crippen LogP contribution is -2.50. The summed E-state index contributed by atoms with van der Waals surface area (Å²) in [6.45, 7) is 3.37. The topological polar surface area (TPSA) is 146 Å². The number of urea groups is 1. The summed E-state index contributed by atoms with van der Waals surface area (Å²) in [5.41, 5.74) is 1.71. The van der Waals surface area contributed by atoms with E-state index in [1.54, 1.807) is 36.4 Å². The maximum Gasteiger partial charge on any atom is 0.322 e. The Morgan fingerprint density at radius 1 is 1.08 bits per heavy atom. The predicted molar refractivity (Wildman–Crippen MR) is 133 cm³/mol. The van der Waals surface area contributed by atoms with Crippen LogP contribution in [0.15, 0.2) is 42.5 Å². The number of para-hydroxylation sites is 2. The van der Waals surface area contributed by atoms with Gasteiger partial charge in [-0.2, -0.15) is 0 Å². The van der Waals surface area contributed by atoms with Gasteiger partial charge < -0.3 is 20.7 Å². The SMILES string of the molecule is CC(C)NC(=O)CC1Oc2ccccc2N(CC(=O)Nc2ccc3c(c2)CC2(C3)NC(=O)NC2=O)C1=O. The number of nitrogens with one attached hydrogen (secondary N) is 4. The molecule has 6 amide bonds. The minimum atomic E-state index is -1.05. The molecule has 5 rings (SSSR count). The third-order valence-electron chi connectivity index (χ3n) is 6.58. The van der Waals surface area contributed by atoms with Gasteiger partial charge in [0.25, 0.3) is 11.8 Å². The van der Waals surface area contributed by atoms with Gasteiger partial charge in [-0.15, -0.1) is 0 Å². The highest BCUT2D eigenvalue weighted by Crippen LogP contribution is 2.35. The molecular weight excluding hydrogens is 478 g/mol. The number of ether oxygens (including phenoxy) is 1. The summed E-state index contributed by atoms with van der Waals surface area (Å²) in [5, 5.41) is 10.6. The van der Waals surface area contributed by atoms with Crippen LogP contribution in [0.3, 0.4) is 0 Å². The molecule has 1 aliphatic carbocycles. The van der Waals surface area contributed by atoms with Crippen LogP contribution < -0.4 is 30.9 Å². The zero-order valence-electron chi connectivity index (χ0n) is 20.4. The van der Waals surface area contributed by atoms with Gasteiger partial charge in [-0.05, 0) is 49.2 Å². The lowest BCUT2D eigenvalue weighted by atomic mass is 9.96. The van der Waals surface area contributed by atoms with Crippen molar-refractivity contribution >= 4 is 41.0 Å². The van der Waals surface area contributed by atoms with Crippen molar-refractivity contribution in [2.75, 3.05) is 16.8 Å². The third kappa shape index (κ3) is 4.72. The normalized spacial score (nSPS) is 21.8. The standard InChI is InChI=1S/C26H27N5O6/c1-14(2)27-21(32)10-20-23(34)31(18-5-3-4-6-19(18)37-20)13-22(33)28-17-8-7-15-11-26(12-16(15)9-17)24(35)29-25(36)30-26/h3-9,14,20H,10-13H2,1-2H3,(H,27,32)(H,28,33)(H2,29,30,35,36). The minimum absolute atomic E-state index is 0.0816. The molecule has 1 spiro atoms. The number of carbonyl (C=O) groups excluding carboxylic acids is 5. The van der Waals surface area contributed by atoms with E-state index in [0.29, 0.717) is 30.0 Å². The summed E-state index contributed by atoms with van der Waals surface area (Å²) in [7, 11) is 0. The Bertz CT molecular complexity index is 1320. The molecule has 1 saturated heterocycles. The first kappa shape index (κ1) is 24.3. The van der Waals surface area contributed by atoms with Gasteiger partial charge in [-0.25, -0.2) is 4.79 Å². The van der Waals surface area contributed by atoms with Crippen LogP contribution in [0.25, 0.3) is 0 Å². The number of hydrogen-bond donors (Lipinski definition) is 4. The van der Waals surface area contributed by atoms with E-state index in [1.165, 1.54) is 4.90 Å². The molecule has 0 bridgehead atoms. The Morgan fingerprint density at radius 3 is 2.57 bits per heavy atom. The maximum atomic E-state index is 13.2. The van der Waals surface area contributed by atoms with Crippen molar-refractivity contribution in [3.8, 4) is 5.75 Å². The zero-order valence-corrected chi connectivity index (χ0v) is 20.4. The quantitative estimate of drug-likeness (QED) is 0.431. The largest absolute Gasteiger partial charge is 0.478 e. The van der Waals surface area contributed by atoms with E-state index in [9.17, 15) is 24.0 Å². The molecule has 2 aliphatic heterocycles. The first-order chi connectivity index (χ1) is 17.6. The highest BCUT2D eigenvalue weighted by molar-refractivity contribution is 6.08. The van der Waals surface area contributed by atoms with Crippen molar-refractivity contribution in [3.63, 3.8) is 0 Å². The van der Waals surface area contributed by atoms with Gasteiger partial charge in [0.05, 0.1) is 12.1 Å². The highest BCUT2D eigenvalue weighted by Gasteiger charge is 2.50. The Balaban J connectivity index is 1.29. The van der Waals surface area contributed by atoms with E-state index >= 15 is 0 Å². The van der Waals surface area contributed by atoms with Crippen LogP contribution in [-0.2, 0) is 32.0 Å². The van der Waals surface area contributed by atoms with Gasteiger partial charge in [0, 0.05) is 24.6 Å². The van der Waals surface area contributed by atoms with E-state index in [-0.39, 0.29) is 30.8 Å². The molecule has 192 valence electrons. The van der Waals surface area contributed by atoms with Gasteiger partial charge in [0.15, 0.2) is 6.10 Å². The van der Waals surface area contributed by atoms with Crippen LogP contribution >= 0.6 is 0 Å². The van der Waals surface area contributed by atoms with Crippen molar-refractivity contribution in [2.24, 2.45) is 0 Å². The summed E-state index contributed by atoms with van der Waals surface area (Å²) < 4.78 is 5.79. The first-order valence-corrected chi connectivity index (χ1v) is 12.1. The fourth-order valence-electron chi connectivity index (χ4n) is 4.99. The fraction of sp³-hybridized carbons (Fsp3) is 0.346. The number of benzene rings is 2. The zero-order chi connectivity index (χ0) is 26.3. The molecule has 0 radical (unpaired) electrons. The van der Waals surface area contributed by atoms with Crippen molar-refractivity contribution in [3.05, 3.63) is 53.6 Å². The van der Waals surface area contributed by atoms with Crippen molar-refractivity contribution < 1.29 is 28.7 Å². The van der Waals surface area contributed by atoms with Crippen molar-refractivity contribution in [2.45, 2.75) is 50.8 Å². The number of imide groups is 1. The predicted octanol–water partition coefficient (Wildman–Crippen LogP) is 1.01. The average molecular weight is 506 g/mol. The number of nitrogens with zero attached hydrogens (tertiary/aromatic N) is 1. The van der Waals surface area contributed by atoms with Crippen molar-refractivity contribution in [1.29, 1.82) is 0 Å². The van der Waals surface area contributed by atoms with Crippen LogP contribution in [0.1, 0.15) is 31.4 Å². The third-order valence-corrected chi connectivity index (χ3v) is 6.58. The molecule has 2 unspecified atom stereocenters. The second kappa shape index (κ2) is 9.23. The molecular formula is C26H27N5O6.